The zero-order chi connectivity index (χ0) is 19.0. The highest BCUT2D eigenvalue weighted by Crippen LogP contribution is 2.27. The Morgan fingerprint density at radius 1 is 1.35 bits per heavy atom. The molecule has 10 heteroatoms. The van der Waals surface area contributed by atoms with E-state index in [9.17, 15) is 13.2 Å². The zero-order valence-corrected chi connectivity index (χ0v) is 15.4. The lowest BCUT2D eigenvalue weighted by Crippen LogP contribution is -2.38. The summed E-state index contributed by atoms with van der Waals surface area (Å²) in [6.07, 6.45) is -3.40. The van der Waals surface area contributed by atoms with Gasteiger partial charge in [-0.1, -0.05) is 0 Å². The maximum atomic E-state index is 12.6. The molecule has 0 aromatic carbocycles. The third-order valence-electron chi connectivity index (χ3n) is 3.30. The number of alkyl halides is 3. The fourth-order valence-corrected chi connectivity index (χ4v) is 2.79. The minimum absolute atomic E-state index is 0.0633. The number of rotatable bonds is 7. The molecule has 0 fully saturated rings. The molecule has 26 heavy (non-hydrogen) atoms. The Balaban J connectivity index is 1.90. The fraction of sp³-hybridized carbons (Fsp3) is 0.438. The highest BCUT2D eigenvalue weighted by molar-refractivity contribution is 7.07. The van der Waals surface area contributed by atoms with Gasteiger partial charge in [0.25, 0.3) is 0 Å². The van der Waals surface area contributed by atoms with E-state index < -0.39 is 11.9 Å². The van der Waals surface area contributed by atoms with Crippen LogP contribution in [0, 0.1) is 0 Å². The molecule has 0 aliphatic heterocycles. The van der Waals surface area contributed by atoms with Crippen LogP contribution in [-0.2, 0) is 12.7 Å². The molecule has 6 nitrogen and oxygen atoms in total. The van der Waals surface area contributed by atoms with Crippen molar-refractivity contribution in [3.8, 4) is 0 Å². The molecular formula is C16H21F3N6S. The SMILES string of the molecule is CCNC(=NCCNc1nccc(C(F)(F)F)n1)N(C)Cc1ccsc1. The van der Waals surface area contributed by atoms with Crippen LogP contribution in [0.25, 0.3) is 0 Å². The summed E-state index contributed by atoms with van der Waals surface area (Å²) >= 11 is 1.64. The topological polar surface area (TPSA) is 65.4 Å². The highest BCUT2D eigenvalue weighted by atomic mass is 32.1. The molecule has 0 amide bonds. The van der Waals surface area contributed by atoms with Gasteiger partial charge in [-0.3, -0.25) is 4.99 Å². The van der Waals surface area contributed by atoms with E-state index in [0.29, 0.717) is 13.1 Å². The number of aromatic nitrogens is 2. The van der Waals surface area contributed by atoms with Gasteiger partial charge in [-0.2, -0.15) is 24.5 Å². The van der Waals surface area contributed by atoms with Gasteiger partial charge in [-0.25, -0.2) is 9.97 Å². The van der Waals surface area contributed by atoms with Crippen LogP contribution in [0.2, 0.25) is 0 Å². The van der Waals surface area contributed by atoms with Gasteiger partial charge in [0.05, 0.1) is 6.54 Å². The smallest absolute Gasteiger partial charge is 0.357 e. The van der Waals surface area contributed by atoms with Crippen molar-refractivity contribution in [1.82, 2.24) is 20.2 Å². The Hall–Kier alpha value is -2.36. The van der Waals surface area contributed by atoms with Gasteiger partial charge < -0.3 is 15.5 Å². The van der Waals surface area contributed by atoms with Crippen LogP contribution in [0.4, 0.5) is 19.1 Å². The molecular weight excluding hydrogens is 365 g/mol. The zero-order valence-electron chi connectivity index (χ0n) is 14.5. The van der Waals surface area contributed by atoms with Gasteiger partial charge in [0.15, 0.2) is 5.96 Å². The first-order valence-electron chi connectivity index (χ1n) is 8.04. The second kappa shape index (κ2) is 9.37. The first-order chi connectivity index (χ1) is 12.4. The van der Waals surface area contributed by atoms with Crippen LogP contribution < -0.4 is 10.6 Å². The van der Waals surface area contributed by atoms with E-state index >= 15 is 0 Å². The molecule has 0 spiro atoms. The van der Waals surface area contributed by atoms with Gasteiger partial charge in [0.2, 0.25) is 5.95 Å². The van der Waals surface area contributed by atoms with E-state index in [4.69, 9.17) is 0 Å². The minimum atomic E-state index is -4.49. The van der Waals surface area contributed by atoms with E-state index in [1.165, 1.54) is 5.56 Å². The summed E-state index contributed by atoms with van der Waals surface area (Å²) in [5, 5.41) is 10.1. The standard InChI is InChI=1S/C16H21F3N6S/c1-3-20-15(25(2)10-12-5-9-26-11-12)23-8-7-22-14-21-6-4-13(24-14)16(17,18)19/h4-6,9,11H,3,7-8,10H2,1-2H3,(H,20,23)(H,21,22,24). The lowest BCUT2D eigenvalue weighted by Gasteiger charge is -2.21. The maximum Gasteiger partial charge on any atom is 0.433 e. The second-order valence-electron chi connectivity index (χ2n) is 5.41. The van der Waals surface area contributed by atoms with Crippen LogP contribution in [0.15, 0.2) is 34.1 Å². The molecule has 2 N–H and O–H groups in total. The fourth-order valence-electron chi connectivity index (χ4n) is 2.13. The van der Waals surface area contributed by atoms with Gasteiger partial charge >= 0.3 is 6.18 Å². The van der Waals surface area contributed by atoms with Crippen molar-refractivity contribution in [2.45, 2.75) is 19.6 Å². The largest absolute Gasteiger partial charge is 0.433 e. The molecule has 0 atom stereocenters. The average molecular weight is 386 g/mol. The quantitative estimate of drug-likeness (QED) is 0.435. The number of guanidine groups is 1. The first-order valence-corrected chi connectivity index (χ1v) is 8.99. The van der Waals surface area contributed by atoms with Crippen molar-refractivity contribution in [1.29, 1.82) is 0 Å². The number of halogens is 3. The van der Waals surface area contributed by atoms with Crippen LogP contribution in [0.5, 0.6) is 0 Å². The summed E-state index contributed by atoms with van der Waals surface area (Å²) in [6, 6.07) is 2.89. The lowest BCUT2D eigenvalue weighted by atomic mass is 10.3. The summed E-state index contributed by atoms with van der Waals surface area (Å²) in [4.78, 5) is 13.7. The summed E-state index contributed by atoms with van der Waals surface area (Å²) < 4.78 is 37.9. The normalized spacial score (nSPS) is 12.1. The molecule has 0 bridgehead atoms. The number of nitrogens with zero attached hydrogens (tertiary/aromatic N) is 4. The monoisotopic (exact) mass is 386 g/mol. The maximum absolute atomic E-state index is 12.6. The predicted molar refractivity (Wildman–Crippen MR) is 97.3 cm³/mol. The molecule has 2 aromatic rings. The number of nitrogens with one attached hydrogen (secondary N) is 2. The minimum Gasteiger partial charge on any atom is -0.357 e. The van der Waals surface area contributed by atoms with E-state index in [-0.39, 0.29) is 5.95 Å². The molecule has 0 saturated heterocycles. The van der Waals surface area contributed by atoms with Gasteiger partial charge in [-0.15, -0.1) is 0 Å². The highest BCUT2D eigenvalue weighted by Gasteiger charge is 2.32. The van der Waals surface area contributed by atoms with Gasteiger partial charge in [0, 0.05) is 32.9 Å². The number of aliphatic imine (C=N–C) groups is 1. The van der Waals surface area contributed by atoms with Crippen LogP contribution in [0.1, 0.15) is 18.2 Å². The third-order valence-corrected chi connectivity index (χ3v) is 4.03. The summed E-state index contributed by atoms with van der Waals surface area (Å²) in [5.41, 5.74) is 0.223. The van der Waals surface area contributed by atoms with Gasteiger partial charge in [0.1, 0.15) is 5.69 Å². The number of hydrogen-bond donors (Lipinski definition) is 2. The molecule has 2 rings (SSSR count). The van der Waals surface area contributed by atoms with Crippen molar-refractivity contribution in [2.24, 2.45) is 4.99 Å². The van der Waals surface area contributed by atoms with Crippen LogP contribution in [0.3, 0.4) is 0 Å². The first kappa shape index (κ1) is 20.0. The molecule has 2 heterocycles. The average Bonchev–Trinajstić information content (AvgIpc) is 3.10. The molecule has 0 aliphatic carbocycles. The van der Waals surface area contributed by atoms with Crippen molar-refractivity contribution in [2.75, 3.05) is 32.0 Å². The van der Waals surface area contributed by atoms with Crippen molar-refractivity contribution < 1.29 is 13.2 Å². The summed E-state index contributed by atoms with van der Waals surface area (Å²) in [5.74, 6) is 0.664. The van der Waals surface area contributed by atoms with Crippen LogP contribution in [-0.4, -0.2) is 47.5 Å². The molecule has 0 unspecified atom stereocenters. The summed E-state index contributed by atoms with van der Waals surface area (Å²) in [7, 11) is 1.93. The van der Waals surface area contributed by atoms with E-state index in [1.807, 2.05) is 24.3 Å². The molecule has 142 valence electrons. The predicted octanol–water partition coefficient (Wildman–Crippen LogP) is 3.07. The van der Waals surface area contributed by atoms with E-state index in [0.717, 1.165) is 31.3 Å². The summed E-state index contributed by atoms with van der Waals surface area (Å²) in [6.45, 7) is 4.11. The van der Waals surface area contributed by atoms with Crippen molar-refractivity contribution in [3.63, 3.8) is 0 Å². The Morgan fingerprint density at radius 2 is 2.15 bits per heavy atom. The molecule has 0 radical (unpaired) electrons. The third kappa shape index (κ3) is 6.17. The Kier molecular flexibility index (Phi) is 7.19. The van der Waals surface area contributed by atoms with E-state index in [2.05, 4.69) is 37.0 Å². The molecule has 0 saturated carbocycles. The van der Waals surface area contributed by atoms with Gasteiger partial charge in [-0.05, 0) is 35.4 Å². The lowest BCUT2D eigenvalue weighted by molar-refractivity contribution is -0.141. The number of hydrogen-bond acceptors (Lipinski definition) is 5. The Labute approximate surface area is 154 Å². The van der Waals surface area contributed by atoms with Crippen molar-refractivity contribution >= 4 is 23.2 Å². The Morgan fingerprint density at radius 3 is 2.81 bits per heavy atom. The second-order valence-corrected chi connectivity index (χ2v) is 6.19. The van der Waals surface area contributed by atoms with Crippen molar-refractivity contribution in [3.05, 3.63) is 40.3 Å². The number of anilines is 1. The van der Waals surface area contributed by atoms with E-state index in [1.54, 1.807) is 11.3 Å². The molecule has 2 aromatic heterocycles. The number of thiophene rings is 1. The Bertz CT molecular complexity index is 702. The van der Waals surface area contributed by atoms with Crippen LogP contribution >= 0.6 is 11.3 Å². The molecule has 0 aliphatic rings.